The third-order valence-corrected chi connectivity index (χ3v) is 1.46. The Morgan fingerprint density at radius 3 is 2.92 bits per heavy atom. The SMILES string of the molecule is Cn1nncc1C(O)CC(=O)O. The zero-order chi connectivity index (χ0) is 9.14. The number of aliphatic hydroxyl groups is 1. The van der Waals surface area contributed by atoms with Crippen molar-refractivity contribution >= 4 is 5.97 Å². The highest BCUT2D eigenvalue weighted by atomic mass is 16.4. The standard InChI is InChI=1S/C6H9N3O3/c1-9-4(3-7-8-9)5(10)2-6(11)12/h3,5,10H,2H2,1H3,(H,11,12). The lowest BCUT2D eigenvalue weighted by Crippen LogP contribution is -2.09. The third-order valence-electron chi connectivity index (χ3n) is 1.46. The molecule has 0 aromatic carbocycles. The lowest BCUT2D eigenvalue weighted by Gasteiger charge is -2.05. The average Bonchev–Trinajstić information content (AvgIpc) is 2.33. The minimum absolute atomic E-state index is 0.332. The molecule has 1 aromatic heterocycles. The molecule has 1 heterocycles. The number of aromatic nitrogens is 3. The molecule has 1 unspecified atom stereocenters. The molecule has 6 heteroatoms. The Kier molecular flexibility index (Phi) is 2.39. The van der Waals surface area contributed by atoms with Gasteiger partial charge < -0.3 is 10.2 Å². The first kappa shape index (κ1) is 8.66. The fraction of sp³-hybridized carbons (Fsp3) is 0.500. The molecule has 0 amide bonds. The van der Waals surface area contributed by atoms with Crippen LogP contribution in [0.4, 0.5) is 0 Å². The summed E-state index contributed by atoms with van der Waals surface area (Å²) in [6.45, 7) is 0. The number of rotatable bonds is 3. The van der Waals surface area contributed by atoms with E-state index < -0.39 is 12.1 Å². The molecule has 0 saturated carbocycles. The fourth-order valence-electron chi connectivity index (χ4n) is 0.869. The molecule has 0 spiro atoms. The molecule has 0 aliphatic carbocycles. The monoisotopic (exact) mass is 171 g/mol. The molecular weight excluding hydrogens is 162 g/mol. The maximum Gasteiger partial charge on any atom is 0.306 e. The normalized spacial score (nSPS) is 12.8. The van der Waals surface area contributed by atoms with Gasteiger partial charge in [0.1, 0.15) is 6.10 Å². The Bertz CT molecular complexity index is 283. The summed E-state index contributed by atoms with van der Waals surface area (Å²) < 4.78 is 1.34. The van der Waals surface area contributed by atoms with Crippen LogP contribution in [0.15, 0.2) is 6.20 Å². The second kappa shape index (κ2) is 3.31. The highest BCUT2D eigenvalue weighted by Gasteiger charge is 2.15. The number of aliphatic carboxylic acids is 1. The van der Waals surface area contributed by atoms with Crippen molar-refractivity contribution in [2.45, 2.75) is 12.5 Å². The molecule has 0 fully saturated rings. The molecule has 12 heavy (non-hydrogen) atoms. The van der Waals surface area contributed by atoms with Crippen molar-refractivity contribution in [3.63, 3.8) is 0 Å². The van der Waals surface area contributed by atoms with Gasteiger partial charge in [-0.25, -0.2) is 4.68 Å². The zero-order valence-electron chi connectivity index (χ0n) is 6.51. The summed E-state index contributed by atoms with van der Waals surface area (Å²) in [4.78, 5) is 10.2. The lowest BCUT2D eigenvalue weighted by molar-refractivity contribution is -0.139. The number of aryl methyl sites for hydroxylation is 1. The Balaban J connectivity index is 2.71. The van der Waals surface area contributed by atoms with Crippen LogP contribution >= 0.6 is 0 Å². The summed E-state index contributed by atoms with van der Waals surface area (Å²) in [5.74, 6) is -1.05. The Morgan fingerprint density at radius 1 is 1.83 bits per heavy atom. The van der Waals surface area contributed by atoms with Gasteiger partial charge in [0.2, 0.25) is 0 Å². The van der Waals surface area contributed by atoms with Gasteiger partial charge in [-0.05, 0) is 0 Å². The van der Waals surface area contributed by atoms with Crippen LogP contribution in [0, 0.1) is 0 Å². The van der Waals surface area contributed by atoms with Crippen LogP contribution in [0.25, 0.3) is 0 Å². The predicted molar refractivity (Wildman–Crippen MR) is 38.2 cm³/mol. The van der Waals surface area contributed by atoms with Gasteiger partial charge in [-0.2, -0.15) is 0 Å². The Labute approximate surface area is 68.4 Å². The van der Waals surface area contributed by atoms with Gasteiger partial charge in [0.25, 0.3) is 0 Å². The van der Waals surface area contributed by atoms with E-state index in [0.29, 0.717) is 5.69 Å². The van der Waals surface area contributed by atoms with Crippen LogP contribution in [0.5, 0.6) is 0 Å². The first-order chi connectivity index (χ1) is 5.61. The molecule has 0 radical (unpaired) electrons. The largest absolute Gasteiger partial charge is 0.481 e. The van der Waals surface area contributed by atoms with Crippen molar-refractivity contribution in [1.29, 1.82) is 0 Å². The summed E-state index contributed by atoms with van der Waals surface area (Å²) in [5, 5.41) is 24.7. The number of hydrogen-bond acceptors (Lipinski definition) is 4. The second-order valence-corrected chi connectivity index (χ2v) is 2.40. The molecule has 0 saturated heterocycles. The number of nitrogens with zero attached hydrogens (tertiary/aromatic N) is 3. The highest BCUT2D eigenvalue weighted by Crippen LogP contribution is 2.13. The van der Waals surface area contributed by atoms with Gasteiger partial charge in [0, 0.05) is 7.05 Å². The van der Waals surface area contributed by atoms with Gasteiger partial charge in [-0.3, -0.25) is 4.79 Å². The quantitative estimate of drug-likeness (QED) is 0.629. The molecule has 0 aliphatic heterocycles. The number of hydrogen-bond donors (Lipinski definition) is 2. The Hall–Kier alpha value is -1.43. The van der Waals surface area contributed by atoms with Gasteiger partial charge in [0.05, 0.1) is 18.3 Å². The van der Waals surface area contributed by atoms with Crippen LogP contribution in [0.3, 0.4) is 0 Å². The minimum Gasteiger partial charge on any atom is -0.481 e. The molecule has 1 atom stereocenters. The Morgan fingerprint density at radius 2 is 2.50 bits per heavy atom. The van der Waals surface area contributed by atoms with E-state index in [4.69, 9.17) is 5.11 Å². The summed E-state index contributed by atoms with van der Waals surface area (Å²) in [6, 6.07) is 0. The summed E-state index contributed by atoms with van der Waals surface area (Å²) in [6.07, 6.45) is -0.0306. The summed E-state index contributed by atoms with van der Waals surface area (Å²) >= 11 is 0. The molecule has 2 N–H and O–H groups in total. The summed E-state index contributed by atoms with van der Waals surface area (Å²) in [5.41, 5.74) is 0.400. The van der Waals surface area contributed by atoms with Crippen LogP contribution in [-0.2, 0) is 11.8 Å². The van der Waals surface area contributed by atoms with E-state index in [0.717, 1.165) is 0 Å². The first-order valence-corrected chi connectivity index (χ1v) is 3.35. The van der Waals surface area contributed by atoms with E-state index in [-0.39, 0.29) is 6.42 Å². The maximum absolute atomic E-state index is 10.2. The van der Waals surface area contributed by atoms with E-state index in [2.05, 4.69) is 10.3 Å². The van der Waals surface area contributed by atoms with Crippen molar-refractivity contribution in [2.75, 3.05) is 0 Å². The molecule has 1 aromatic rings. The van der Waals surface area contributed by atoms with E-state index in [1.165, 1.54) is 10.9 Å². The molecule has 0 bridgehead atoms. The lowest BCUT2D eigenvalue weighted by atomic mass is 10.2. The van der Waals surface area contributed by atoms with Crippen LogP contribution < -0.4 is 0 Å². The molecular formula is C6H9N3O3. The third kappa shape index (κ3) is 1.79. The van der Waals surface area contributed by atoms with Gasteiger partial charge >= 0.3 is 5.97 Å². The van der Waals surface area contributed by atoms with Gasteiger partial charge in [-0.1, -0.05) is 5.21 Å². The van der Waals surface area contributed by atoms with Crippen LogP contribution in [0.1, 0.15) is 18.2 Å². The van der Waals surface area contributed by atoms with Crippen molar-refractivity contribution in [2.24, 2.45) is 7.05 Å². The summed E-state index contributed by atoms with van der Waals surface area (Å²) in [7, 11) is 1.59. The van der Waals surface area contributed by atoms with Crippen molar-refractivity contribution in [1.82, 2.24) is 15.0 Å². The number of carboxylic acids is 1. The topological polar surface area (TPSA) is 88.2 Å². The first-order valence-electron chi connectivity index (χ1n) is 3.35. The average molecular weight is 171 g/mol. The number of aliphatic hydroxyl groups excluding tert-OH is 1. The molecule has 0 aliphatic rings. The van der Waals surface area contributed by atoms with Crippen molar-refractivity contribution in [3.05, 3.63) is 11.9 Å². The van der Waals surface area contributed by atoms with Crippen molar-refractivity contribution < 1.29 is 15.0 Å². The van der Waals surface area contributed by atoms with Gasteiger partial charge in [0.15, 0.2) is 0 Å². The van der Waals surface area contributed by atoms with Crippen LogP contribution in [0.2, 0.25) is 0 Å². The number of carboxylic acid groups (broad SMARTS) is 1. The molecule has 66 valence electrons. The zero-order valence-corrected chi connectivity index (χ0v) is 6.51. The van der Waals surface area contributed by atoms with Gasteiger partial charge in [-0.15, -0.1) is 5.10 Å². The fourth-order valence-corrected chi connectivity index (χ4v) is 0.869. The molecule has 1 rings (SSSR count). The number of carbonyl (C=O) groups is 1. The second-order valence-electron chi connectivity index (χ2n) is 2.40. The van der Waals surface area contributed by atoms with Crippen molar-refractivity contribution in [3.8, 4) is 0 Å². The van der Waals surface area contributed by atoms with Crippen LogP contribution in [-0.4, -0.2) is 31.2 Å². The highest BCUT2D eigenvalue weighted by molar-refractivity contribution is 5.67. The van der Waals surface area contributed by atoms with E-state index >= 15 is 0 Å². The smallest absolute Gasteiger partial charge is 0.306 e. The van der Waals surface area contributed by atoms with E-state index in [9.17, 15) is 9.90 Å². The van der Waals surface area contributed by atoms with E-state index in [1.54, 1.807) is 7.05 Å². The molecule has 6 nitrogen and oxygen atoms in total. The predicted octanol–water partition coefficient (Wildman–Crippen LogP) is -0.677. The van der Waals surface area contributed by atoms with E-state index in [1.807, 2.05) is 0 Å². The minimum atomic E-state index is -1.05. The maximum atomic E-state index is 10.2.